The lowest BCUT2D eigenvalue weighted by Gasteiger charge is -2.34. The average molecular weight is 342 g/mol. The molecule has 2 aromatic rings. The Labute approximate surface area is 149 Å². The van der Waals surface area contributed by atoms with Crippen molar-refractivity contribution in [3.63, 3.8) is 0 Å². The molecule has 0 amide bonds. The lowest BCUT2D eigenvalue weighted by Crippen LogP contribution is -2.40. The molecule has 0 saturated carbocycles. The van der Waals surface area contributed by atoms with Crippen LogP contribution in [0.15, 0.2) is 48.5 Å². The number of benzene rings is 2. The Balaban J connectivity index is 1.97. The van der Waals surface area contributed by atoms with Crippen molar-refractivity contribution >= 4 is 0 Å². The molecule has 2 aromatic carbocycles. The summed E-state index contributed by atoms with van der Waals surface area (Å²) in [6, 6.07) is 15.3. The molecule has 1 fully saturated rings. The highest BCUT2D eigenvalue weighted by Gasteiger charge is 2.42. The molecule has 1 aliphatic rings. The molecule has 4 heteroatoms. The van der Waals surface area contributed by atoms with Crippen LogP contribution >= 0.6 is 0 Å². The molecule has 0 aliphatic carbocycles. The molecule has 134 valence electrons. The van der Waals surface area contributed by atoms with Gasteiger partial charge in [0.25, 0.3) is 0 Å². The van der Waals surface area contributed by atoms with Crippen LogP contribution in [0.2, 0.25) is 0 Å². The predicted octanol–water partition coefficient (Wildman–Crippen LogP) is 3.90. The van der Waals surface area contributed by atoms with Crippen LogP contribution in [-0.4, -0.2) is 31.0 Å². The maximum atomic E-state index is 11.7. The van der Waals surface area contributed by atoms with Crippen LogP contribution in [0.1, 0.15) is 37.8 Å². The Morgan fingerprint density at radius 3 is 1.76 bits per heavy atom. The SMILES string of the molecule is CCOc1ccc(C(O)(c2ccc(OCC)cc2)C2CCCO2)cc1. The first-order chi connectivity index (χ1) is 12.2. The number of hydrogen-bond donors (Lipinski definition) is 1. The topological polar surface area (TPSA) is 47.9 Å². The molecular formula is C21H26O4. The Morgan fingerprint density at radius 1 is 0.920 bits per heavy atom. The van der Waals surface area contributed by atoms with E-state index in [4.69, 9.17) is 14.2 Å². The van der Waals surface area contributed by atoms with Gasteiger partial charge in [-0.25, -0.2) is 0 Å². The van der Waals surface area contributed by atoms with Gasteiger partial charge in [0.15, 0.2) is 0 Å². The number of rotatable bonds is 7. The monoisotopic (exact) mass is 342 g/mol. The van der Waals surface area contributed by atoms with E-state index in [-0.39, 0.29) is 6.10 Å². The molecule has 0 bridgehead atoms. The van der Waals surface area contributed by atoms with Gasteiger partial charge in [-0.1, -0.05) is 24.3 Å². The normalized spacial score (nSPS) is 17.5. The fraction of sp³-hybridized carbons (Fsp3) is 0.429. The summed E-state index contributed by atoms with van der Waals surface area (Å²) in [5.74, 6) is 1.60. The smallest absolute Gasteiger partial charge is 0.141 e. The highest BCUT2D eigenvalue weighted by atomic mass is 16.5. The molecule has 1 aliphatic heterocycles. The quantitative estimate of drug-likeness (QED) is 0.829. The first-order valence-corrected chi connectivity index (χ1v) is 8.99. The number of ether oxygens (including phenoxy) is 3. The first-order valence-electron chi connectivity index (χ1n) is 8.99. The molecule has 3 rings (SSSR count). The summed E-state index contributed by atoms with van der Waals surface area (Å²) in [6.45, 7) is 5.83. The highest BCUT2D eigenvalue weighted by molar-refractivity contribution is 5.42. The van der Waals surface area contributed by atoms with E-state index in [9.17, 15) is 5.11 Å². The summed E-state index contributed by atoms with van der Waals surface area (Å²) in [7, 11) is 0. The van der Waals surface area contributed by atoms with Gasteiger partial charge in [-0.15, -0.1) is 0 Å². The Hall–Kier alpha value is -2.04. The van der Waals surface area contributed by atoms with Gasteiger partial charge in [0, 0.05) is 6.61 Å². The van der Waals surface area contributed by atoms with Gasteiger partial charge >= 0.3 is 0 Å². The minimum Gasteiger partial charge on any atom is -0.494 e. The van der Waals surface area contributed by atoms with E-state index in [0.29, 0.717) is 19.8 Å². The van der Waals surface area contributed by atoms with E-state index in [1.54, 1.807) is 0 Å². The van der Waals surface area contributed by atoms with E-state index in [1.165, 1.54) is 0 Å². The lowest BCUT2D eigenvalue weighted by atomic mass is 9.80. The van der Waals surface area contributed by atoms with Gasteiger partial charge in [-0.2, -0.15) is 0 Å². The molecule has 0 spiro atoms. The van der Waals surface area contributed by atoms with Crippen LogP contribution in [0.3, 0.4) is 0 Å². The summed E-state index contributed by atoms with van der Waals surface area (Å²) in [5.41, 5.74) is 0.436. The molecular weight excluding hydrogens is 316 g/mol. The van der Waals surface area contributed by atoms with Gasteiger partial charge in [0.1, 0.15) is 17.1 Å². The van der Waals surface area contributed by atoms with E-state index in [2.05, 4.69) is 0 Å². The van der Waals surface area contributed by atoms with Crippen LogP contribution in [0.4, 0.5) is 0 Å². The van der Waals surface area contributed by atoms with Crippen LogP contribution in [-0.2, 0) is 10.3 Å². The summed E-state index contributed by atoms with van der Waals surface area (Å²) >= 11 is 0. The van der Waals surface area contributed by atoms with Crippen molar-refractivity contribution < 1.29 is 19.3 Å². The third kappa shape index (κ3) is 3.65. The maximum absolute atomic E-state index is 11.7. The largest absolute Gasteiger partial charge is 0.494 e. The molecule has 25 heavy (non-hydrogen) atoms. The average Bonchev–Trinajstić information content (AvgIpc) is 3.18. The number of hydrogen-bond acceptors (Lipinski definition) is 4. The summed E-state index contributed by atoms with van der Waals surface area (Å²) in [6.07, 6.45) is 1.53. The zero-order valence-corrected chi connectivity index (χ0v) is 14.9. The lowest BCUT2D eigenvalue weighted by molar-refractivity contribution is -0.0620. The van der Waals surface area contributed by atoms with E-state index in [0.717, 1.165) is 35.5 Å². The first kappa shape index (κ1) is 17.8. The molecule has 1 atom stereocenters. The number of aliphatic hydroxyl groups is 1. The molecule has 1 N–H and O–H groups in total. The van der Waals surface area contributed by atoms with E-state index >= 15 is 0 Å². The molecule has 1 unspecified atom stereocenters. The third-order valence-electron chi connectivity index (χ3n) is 4.61. The van der Waals surface area contributed by atoms with Crippen LogP contribution < -0.4 is 9.47 Å². The Morgan fingerprint density at radius 2 is 1.40 bits per heavy atom. The van der Waals surface area contributed by atoms with Crippen molar-refractivity contribution in [2.45, 2.75) is 38.4 Å². The van der Waals surface area contributed by atoms with Gasteiger partial charge in [0.05, 0.1) is 19.3 Å². The van der Waals surface area contributed by atoms with Crippen LogP contribution in [0.25, 0.3) is 0 Å². The van der Waals surface area contributed by atoms with Crippen molar-refractivity contribution in [1.82, 2.24) is 0 Å². The Bertz CT molecular complexity index is 608. The second-order valence-corrected chi connectivity index (χ2v) is 6.18. The summed E-state index contributed by atoms with van der Waals surface area (Å²) in [4.78, 5) is 0. The maximum Gasteiger partial charge on any atom is 0.141 e. The molecule has 4 nitrogen and oxygen atoms in total. The fourth-order valence-electron chi connectivity index (χ4n) is 3.39. The van der Waals surface area contributed by atoms with Crippen molar-refractivity contribution in [3.8, 4) is 11.5 Å². The van der Waals surface area contributed by atoms with Gasteiger partial charge in [-0.3, -0.25) is 0 Å². The summed E-state index contributed by atoms with van der Waals surface area (Å²) in [5, 5.41) is 11.7. The van der Waals surface area contributed by atoms with Crippen LogP contribution in [0, 0.1) is 0 Å². The fourth-order valence-corrected chi connectivity index (χ4v) is 3.39. The van der Waals surface area contributed by atoms with Gasteiger partial charge in [0.2, 0.25) is 0 Å². The van der Waals surface area contributed by atoms with Crippen molar-refractivity contribution in [3.05, 3.63) is 59.7 Å². The second-order valence-electron chi connectivity index (χ2n) is 6.18. The zero-order valence-electron chi connectivity index (χ0n) is 14.9. The second kappa shape index (κ2) is 7.89. The molecule has 0 radical (unpaired) electrons. The molecule has 0 aromatic heterocycles. The van der Waals surface area contributed by atoms with Crippen molar-refractivity contribution in [2.75, 3.05) is 19.8 Å². The summed E-state index contributed by atoms with van der Waals surface area (Å²) < 4.78 is 16.9. The van der Waals surface area contributed by atoms with Gasteiger partial charge in [-0.05, 0) is 62.1 Å². The highest BCUT2D eigenvalue weighted by Crippen LogP contribution is 2.40. The minimum atomic E-state index is -1.19. The predicted molar refractivity (Wildman–Crippen MR) is 97.2 cm³/mol. The van der Waals surface area contributed by atoms with Crippen LogP contribution in [0.5, 0.6) is 11.5 Å². The van der Waals surface area contributed by atoms with E-state index in [1.807, 2.05) is 62.4 Å². The van der Waals surface area contributed by atoms with E-state index < -0.39 is 5.60 Å². The van der Waals surface area contributed by atoms with Gasteiger partial charge < -0.3 is 19.3 Å². The minimum absolute atomic E-state index is 0.261. The standard InChI is InChI=1S/C21H26O4/c1-3-23-18-11-7-16(8-12-18)21(22,20-6-5-15-25-20)17-9-13-19(14-10-17)24-4-2/h7-14,20,22H,3-6,15H2,1-2H3. The third-order valence-corrected chi connectivity index (χ3v) is 4.61. The zero-order chi connectivity index (χ0) is 17.7. The molecule has 1 saturated heterocycles. The molecule has 1 heterocycles. The Kier molecular flexibility index (Phi) is 5.61. The van der Waals surface area contributed by atoms with Crippen molar-refractivity contribution in [2.24, 2.45) is 0 Å². The van der Waals surface area contributed by atoms with Crippen molar-refractivity contribution in [1.29, 1.82) is 0 Å².